The van der Waals surface area contributed by atoms with Crippen LogP contribution in [0, 0.1) is 13.8 Å². The molecule has 3 rings (SSSR count). The van der Waals surface area contributed by atoms with Crippen molar-refractivity contribution in [3.63, 3.8) is 0 Å². The van der Waals surface area contributed by atoms with Crippen molar-refractivity contribution < 1.29 is 4.79 Å². The van der Waals surface area contributed by atoms with Gasteiger partial charge in [-0.1, -0.05) is 36.0 Å². The highest BCUT2D eigenvalue weighted by Gasteiger charge is 2.31. The average molecular weight is 356 g/mol. The summed E-state index contributed by atoms with van der Waals surface area (Å²) < 4.78 is 2.08. The normalized spacial score (nSPS) is 15.0. The molecule has 0 bridgehead atoms. The molecule has 5 nitrogen and oxygen atoms in total. The van der Waals surface area contributed by atoms with Crippen LogP contribution in [0.3, 0.4) is 0 Å². The van der Waals surface area contributed by atoms with Crippen molar-refractivity contribution in [2.75, 3.05) is 5.32 Å². The number of carbonyl (C=O) groups excluding carboxylic acids is 1. The zero-order chi connectivity index (χ0) is 18.0. The van der Waals surface area contributed by atoms with E-state index in [0.717, 1.165) is 27.8 Å². The van der Waals surface area contributed by atoms with Gasteiger partial charge < -0.3 is 9.88 Å². The minimum absolute atomic E-state index is 0.0245. The first-order valence-electron chi connectivity index (χ1n) is 8.59. The van der Waals surface area contributed by atoms with Crippen LogP contribution in [0.4, 0.5) is 5.69 Å². The van der Waals surface area contributed by atoms with E-state index in [-0.39, 0.29) is 11.2 Å². The summed E-state index contributed by atoms with van der Waals surface area (Å²) in [4.78, 5) is 12.6. The predicted octanol–water partition coefficient (Wildman–Crippen LogP) is 4.08. The minimum atomic E-state index is -0.265. The number of benzene rings is 1. The maximum Gasteiger partial charge on any atom is 0.237 e. The summed E-state index contributed by atoms with van der Waals surface area (Å²) in [6, 6.07) is 6.00. The van der Waals surface area contributed by atoms with E-state index in [9.17, 15) is 4.79 Å². The molecular formula is C19H24N4OS. The van der Waals surface area contributed by atoms with Gasteiger partial charge in [0.15, 0.2) is 5.16 Å². The van der Waals surface area contributed by atoms with Crippen LogP contribution in [0.2, 0.25) is 0 Å². The zero-order valence-corrected chi connectivity index (χ0v) is 15.8. The molecule has 1 heterocycles. The molecule has 0 saturated heterocycles. The van der Waals surface area contributed by atoms with Crippen molar-refractivity contribution in [1.82, 2.24) is 14.8 Å². The van der Waals surface area contributed by atoms with Gasteiger partial charge in [0.05, 0.1) is 5.25 Å². The Bertz CT molecular complexity index is 774. The summed E-state index contributed by atoms with van der Waals surface area (Å²) in [5.41, 5.74) is 3.03. The highest BCUT2D eigenvalue weighted by molar-refractivity contribution is 8.00. The Labute approximate surface area is 152 Å². The molecule has 1 aromatic heterocycles. The number of carbonyl (C=O) groups is 1. The number of hydrogen-bond donors (Lipinski definition) is 1. The van der Waals surface area contributed by atoms with Gasteiger partial charge in [-0.05, 0) is 44.7 Å². The summed E-state index contributed by atoms with van der Waals surface area (Å²) >= 11 is 1.44. The molecule has 0 aliphatic heterocycles. The van der Waals surface area contributed by atoms with Gasteiger partial charge in [0.1, 0.15) is 5.82 Å². The molecular weight excluding hydrogens is 332 g/mol. The number of aromatic nitrogens is 3. The molecule has 6 heteroatoms. The Morgan fingerprint density at radius 1 is 1.40 bits per heavy atom. The predicted molar refractivity (Wildman–Crippen MR) is 102 cm³/mol. The summed E-state index contributed by atoms with van der Waals surface area (Å²) in [5, 5.41) is 12.2. The number of thioether (sulfide) groups is 1. The number of para-hydroxylation sites is 1. The van der Waals surface area contributed by atoms with E-state index in [4.69, 9.17) is 0 Å². The third-order valence-corrected chi connectivity index (χ3v) is 5.46. The summed E-state index contributed by atoms with van der Waals surface area (Å²) in [5.74, 6) is 1.51. The maximum atomic E-state index is 12.6. The van der Waals surface area contributed by atoms with Crippen LogP contribution in [0.1, 0.15) is 42.6 Å². The molecule has 1 aliphatic carbocycles. The van der Waals surface area contributed by atoms with E-state index in [2.05, 4.69) is 26.7 Å². The number of allylic oxidation sites excluding steroid dienone is 1. The fraction of sp³-hybridized carbons (Fsp3) is 0.421. The molecule has 25 heavy (non-hydrogen) atoms. The third kappa shape index (κ3) is 3.95. The van der Waals surface area contributed by atoms with Crippen molar-refractivity contribution >= 4 is 23.4 Å². The van der Waals surface area contributed by atoms with E-state index < -0.39 is 0 Å². The summed E-state index contributed by atoms with van der Waals surface area (Å²) in [6.45, 7) is 10.4. The molecule has 1 fully saturated rings. The second kappa shape index (κ2) is 7.44. The molecule has 0 spiro atoms. The topological polar surface area (TPSA) is 59.8 Å². The Morgan fingerprint density at radius 3 is 2.68 bits per heavy atom. The largest absolute Gasteiger partial charge is 0.325 e. The fourth-order valence-corrected chi connectivity index (χ4v) is 3.64. The van der Waals surface area contributed by atoms with Crippen LogP contribution in [-0.2, 0) is 11.3 Å². The molecule has 2 aromatic rings. The fourth-order valence-electron chi connectivity index (χ4n) is 2.78. The molecule has 132 valence electrons. The number of anilines is 1. The second-order valence-electron chi connectivity index (χ2n) is 6.53. The van der Waals surface area contributed by atoms with Gasteiger partial charge in [-0.25, -0.2) is 0 Å². The van der Waals surface area contributed by atoms with Crippen molar-refractivity contribution in [3.05, 3.63) is 47.8 Å². The molecule has 1 N–H and O–H groups in total. The SMILES string of the molecule is C=CCn1c(SC(C)C(=O)Nc2c(C)cccc2C)nnc1C1CC1. The lowest BCUT2D eigenvalue weighted by Crippen LogP contribution is -2.24. The molecule has 1 amide bonds. The lowest BCUT2D eigenvalue weighted by atomic mass is 10.1. The van der Waals surface area contributed by atoms with Crippen molar-refractivity contribution in [2.45, 2.75) is 56.5 Å². The number of amides is 1. The highest BCUT2D eigenvalue weighted by Crippen LogP contribution is 2.40. The Hall–Kier alpha value is -2.08. The quantitative estimate of drug-likeness (QED) is 0.600. The third-order valence-electron chi connectivity index (χ3n) is 4.38. The minimum Gasteiger partial charge on any atom is -0.325 e. The lowest BCUT2D eigenvalue weighted by molar-refractivity contribution is -0.115. The Kier molecular flexibility index (Phi) is 5.27. The standard InChI is InChI=1S/C19H24N4OS/c1-5-11-23-17(15-9-10-15)21-22-19(23)25-14(4)18(24)20-16-12(2)7-6-8-13(16)3/h5-8,14-15H,1,9-11H2,2-4H3,(H,20,24). The number of aryl methyl sites for hydroxylation is 2. The van der Waals surface area contributed by atoms with E-state index in [0.29, 0.717) is 12.5 Å². The van der Waals surface area contributed by atoms with E-state index in [1.165, 1.54) is 24.6 Å². The van der Waals surface area contributed by atoms with E-state index >= 15 is 0 Å². The molecule has 1 aliphatic rings. The first kappa shape index (κ1) is 17.7. The van der Waals surface area contributed by atoms with E-state index in [1.54, 1.807) is 0 Å². The van der Waals surface area contributed by atoms with Gasteiger partial charge in [0.2, 0.25) is 5.91 Å². The average Bonchev–Trinajstić information content (AvgIpc) is 3.35. The lowest BCUT2D eigenvalue weighted by Gasteiger charge is -2.15. The van der Waals surface area contributed by atoms with Crippen LogP contribution in [-0.4, -0.2) is 25.9 Å². The monoisotopic (exact) mass is 356 g/mol. The second-order valence-corrected chi connectivity index (χ2v) is 7.84. The van der Waals surface area contributed by atoms with Crippen LogP contribution in [0.5, 0.6) is 0 Å². The van der Waals surface area contributed by atoms with Gasteiger partial charge in [-0.2, -0.15) is 0 Å². The molecule has 1 unspecified atom stereocenters. The molecule has 1 aromatic carbocycles. The van der Waals surface area contributed by atoms with Gasteiger partial charge in [0.25, 0.3) is 0 Å². The van der Waals surface area contributed by atoms with Crippen LogP contribution >= 0.6 is 11.8 Å². The van der Waals surface area contributed by atoms with Crippen molar-refractivity contribution in [1.29, 1.82) is 0 Å². The highest BCUT2D eigenvalue weighted by atomic mass is 32.2. The Balaban J connectivity index is 1.72. The van der Waals surface area contributed by atoms with Crippen LogP contribution in [0.25, 0.3) is 0 Å². The van der Waals surface area contributed by atoms with Crippen molar-refractivity contribution in [2.24, 2.45) is 0 Å². The maximum absolute atomic E-state index is 12.6. The van der Waals surface area contributed by atoms with Gasteiger partial charge >= 0.3 is 0 Å². The number of nitrogens with one attached hydrogen (secondary N) is 1. The van der Waals surface area contributed by atoms with Crippen LogP contribution < -0.4 is 5.32 Å². The number of rotatable bonds is 7. The first-order valence-corrected chi connectivity index (χ1v) is 9.47. The van der Waals surface area contributed by atoms with Gasteiger partial charge in [-0.15, -0.1) is 16.8 Å². The molecule has 0 radical (unpaired) electrons. The summed E-state index contributed by atoms with van der Waals surface area (Å²) in [7, 11) is 0. The summed E-state index contributed by atoms with van der Waals surface area (Å²) in [6.07, 6.45) is 4.19. The Morgan fingerprint density at radius 2 is 2.08 bits per heavy atom. The van der Waals surface area contributed by atoms with E-state index in [1.807, 2.05) is 45.0 Å². The zero-order valence-electron chi connectivity index (χ0n) is 15.0. The van der Waals surface area contributed by atoms with Crippen molar-refractivity contribution in [3.8, 4) is 0 Å². The van der Waals surface area contributed by atoms with Gasteiger partial charge in [0, 0.05) is 18.2 Å². The first-order chi connectivity index (χ1) is 12.0. The van der Waals surface area contributed by atoms with Crippen LogP contribution in [0.15, 0.2) is 36.0 Å². The molecule has 1 atom stereocenters. The molecule has 1 saturated carbocycles. The van der Waals surface area contributed by atoms with Gasteiger partial charge in [-0.3, -0.25) is 4.79 Å². The number of nitrogens with zero attached hydrogens (tertiary/aromatic N) is 3. The number of hydrogen-bond acceptors (Lipinski definition) is 4. The smallest absolute Gasteiger partial charge is 0.237 e.